The molecule has 0 radical (unpaired) electrons. The van der Waals surface area contributed by atoms with Crippen molar-refractivity contribution in [3.05, 3.63) is 11.8 Å². The third-order valence-corrected chi connectivity index (χ3v) is 3.61. The molecule has 0 aromatic carbocycles. The van der Waals surface area contributed by atoms with Crippen LogP contribution in [0.4, 0.5) is 0 Å². The van der Waals surface area contributed by atoms with Crippen molar-refractivity contribution in [1.29, 1.82) is 0 Å². The van der Waals surface area contributed by atoms with Crippen LogP contribution in [0.15, 0.2) is 16.8 Å². The zero-order chi connectivity index (χ0) is 13.8. The zero-order valence-electron chi connectivity index (χ0n) is 11.0. The molecule has 0 aliphatic carbocycles. The van der Waals surface area contributed by atoms with E-state index in [-0.39, 0.29) is 0 Å². The van der Waals surface area contributed by atoms with E-state index in [0.29, 0.717) is 5.70 Å². The number of hydrogen-bond acceptors (Lipinski definition) is 5. The van der Waals surface area contributed by atoms with Gasteiger partial charge in [-0.25, -0.2) is 0 Å². The summed E-state index contributed by atoms with van der Waals surface area (Å²) in [6.07, 6.45) is 4.65. The van der Waals surface area contributed by atoms with Crippen molar-refractivity contribution in [3.8, 4) is 0 Å². The molecule has 2 atom stereocenters. The van der Waals surface area contributed by atoms with Crippen molar-refractivity contribution >= 4 is 11.7 Å². The Kier molecular flexibility index (Phi) is 4.68. The molecule has 1 saturated heterocycles. The highest BCUT2D eigenvalue weighted by atomic mass is 16.4. The predicted molar refractivity (Wildman–Crippen MR) is 72.0 cm³/mol. The van der Waals surface area contributed by atoms with Crippen molar-refractivity contribution < 1.29 is 15.0 Å². The summed E-state index contributed by atoms with van der Waals surface area (Å²) in [5, 5.41) is 18.7. The van der Waals surface area contributed by atoms with E-state index in [4.69, 9.17) is 10.8 Å². The summed E-state index contributed by atoms with van der Waals surface area (Å²) in [6, 6.07) is -1.32. The van der Waals surface area contributed by atoms with Crippen LogP contribution < -0.4 is 5.73 Å². The number of aliphatic imine (C=N–C) groups is 1. The Balaban J connectivity index is 1.99. The van der Waals surface area contributed by atoms with E-state index in [0.717, 1.165) is 38.2 Å². The molecule has 0 bridgehead atoms. The molecule has 0 spiro atoms. The summed E-state index contributed by atoms with van der Waals surface area (Å²) in [5.74, 6) is -1.21. The number of aliphatic hydroxyl groups excluding tert-OH is 1. The number of hydrogen-bond donors (Lipinski definition) is 3. The van der Waals surface area contributed by atoms with E-state index in [9.17, 15) is 9.90 Å². The standard InChI is InChI=1S/C13H21N3O3/c14-11(13(18)19)12(17)10-5-3-4-9(15-10)8-16-6-1-2-7-16/h5,11-12,17H,1-4,6-8,14H2,(H,18,19). The van der Waals surface area contributed by atoms with Gasteiger partial charge in [0.2, 0.25) is 0 Å². The monoisotopic (exact) mass is 267 g/mol. The molecule has 1 fully saturated rings. The zero-order valence-corrected chi connectivity index (χ0v) is 11.0. The Labute approximate surface area is 112 Å². The average molecular weight is 267 g/mol. The molecule has 0 saturated carbocycles. The molecule has 2 rings (SSSR count). The second kappa shape index (κ2) is 6.27. The fourth-order valence-corrected chi connectivity index (χ4v) is 2.49. The van der Waals surface area contributed by atoms with Crippen LogP contribution in [0, 0.1) is 0 Å². The van der Waals surface area contributed by atoms with Gasteiger partial charge < -0.3 is 15.9 Å². The number of likely N-dealkylation sites (tertiary alicyclic amines) is 1. The lowest BCUT2D eigenvalue weighted by molar-refractivity contribution is -0.140. The third kappa shape index (κ3) is 3.62. The van der Waals surface area contributed by atoms with Crippen molar-refractivity contribution in [3.63, 3.8) is 0 Å². The number of carboxylic acid groups (broad SMARTS) is 1. The Bertz CT molecular complexity index is 400. The third-order valence-electron chi connectivity index (χ3n) is 3.61. The van der Waals surface area contributed by atoms with Crippen LogP contribution in [0.5, 0.6) is 0 Å². The summed E-state index contributed by atoms with van der Waals surface area (Å²) in [5.41, 5.74) is 6.84. The Morgan fingerprint density at radius 2 is 2.16 bits per heavy atom. The Morgan fingerprint density at radius 1 is 1.47 bits per heavy atom. The number of aliphatic hydroxyl groups is 1. The summed E-state index contributed by atoms with van der Waals surface area (Å²) >= 11 is 0. The van der Waals surface area contributed by atoms with Gasteiger partial charge in [0.05, 0.1) is 5.70 Å². The van der Waals surface area contributed by atoms with Gasteiger partial charge in [-0.05, 0) is 38.8 Å². The molecule has 6 heteroatoms. The molecular formula is C13H21N3O3. The van der Waals surface area contributed by atoms with Gasteiger partial charge in [-0.15, -0.1) is 0 Å². The van der Waals surface area contributed by atoms with Gasteiger partial charge in [0, 0.05) is 12.3 Å². The minimum Gasteiger partial charge on any atom is -0.480 e. The number of aliphatic carboxylic acids is 1. The molecule has 2 aliphatic rings. The second-order valence-electron chi connectivity index (χ2n) is 5.14. The number of allylic oxidation sites excluding steroid dienone is 1. The van der Waals surface area contributed by atoms with Gasteiger partial charge >= 0.3 is 5.97 Å². The maximum absolute atomic E-state index is 10.8. The van der Waals surface area contributed by atoms with Crippen molar-refractivity contribution in [2.24, 2.45) is 10.7 Å². The molecule has 106 valence electrons. The summed E-state index contributed by atoms with van der Waals surface area (Å²) in [6.45, 7) is 3.00. The van der Waals surface area contributed by atoms with E-state index in [2.05, 4.69) is 9.89 Å². The normalized spacial score (nSPS) is 23.7. The van der Waals surface area contributed by atoms with Crippen molar-refractivity contribution in [1.82, 2.24) is 4.90 Å². The van der Waals surface area contributed by atoms with E-state index in [1.54, 1.807) is 6.08 Å². The molecule has 2 heterocycles. The second-order valence-corrected chi connectivity index (χ2v) is 5.14. The lowest BCUT2D eigenvalue weighted by Gasteiger charge is -2.22. The molecule has 0 aromatic rings. The molecule has 2 aliphatic heterocycles. The van der Waals surface area contributed by atoms with E-state index in [1.165, 1.54) is 12.8 Å². The van der Waals surface area contributed by atoms with E-state index < -0.39 is 18.1 Å². The minimum absolute atomic E-state index is 0.398. The summed E-state index contributed by atoms with van der Waals surface area (Å²) in [7, 11) is 0. The van der Waals surface area contributed by atoms with Gasteiger partial charge in [0.1, 0.15) is 12.1 Å². The largest absolute Gasteiger partial charge is 0.480 e. The fraction of sp³-hybridized carbons (Fsp3) is 0.692. The Morgan fingerprint density at radius 3 is 2.79 bits per heavy atom. The number of carbonyl (C=O) groups is 1. The minimum atomic E-state index is -1.32. The molecule has 0 amide bonds. The number of nitrogens with zero attached hydrogens (tertiary/aromatic N) is 2. The van der Waals surface area contributed by atoms with Crippen LogP contribution in [-0.4, -0.2) is 58.6 Å². The van der Waals surface area contributed by atoms with Crippen LogP contribution >= 0.6 is 0 Å². The SMILES string of the molecule is NC(C(=O)O)C(O)C1=CCCC(CN2CCCC2)=N1. The van der Waals surface area contributed by atoms with Crippen LogP contribution in [-0.2, 0) is 4.79 Å². The summed E-state index contributed by atoms with van der Waals surface area (Å²) < 4.78 is 0. The molecular weight excluding hydrogens is 246 g/mol. The molecule has 0 aromatic heterocycles. The maximum atomic E-state index is 10.8. The van der Waals surface area contributed by atoms with Gasteiger partial charge in [-0.2, -0.15) is 0 Å². The molecule has 4 N–H and O–H groups in total. The first-order valence-corrected chi connectivity index (χ1v) is 6.73. The molecule has 19 heavy (non-hydrogen) atoms. The maximum Gasteiger partial charge on any atom is 0.323 e. The van der Waals surface area contributed by atoms with E-state index in [1.807, 2.05) is 0 Å². The number of rotatable bonds is 5. The van der Waals surface area contributed by atoms with Crippen LogP contribution in [0.3, 0.4) is 0 Å². The highest BCUT2D eigenvalue weighted by Gasteiger charge is 2.27. The lowest BCUT2D eigenvalue weighted by atomic mass is 10.0. The first-order valence-electron chi connectivity index (χ1n) is 6.73. The topological polar surface area (TPSA) is 99.2 Å². The van der Waals surface area contributed by atoms with E-state index >= 15 is 0 Å². The van der Waals surface area contributed by atoms with Crippen molar-refractivity contribution in [2.45, 2.75) is 37.8 Å². The fourth-order valence-electron chi connectivity index (χ4n) is 2.49. The highest BCUT2D eigenvalue weighted by Crippen LogP contribution is 2.18. The number of nitrogens with two attached hydrogens (primary N) is 1. The average Bonchev–Trinajstić information content (AvgIpc) is 2.90. The van der Waals surface area contributed by atoms with Crippen LogP contribution in [0.1, 0.15) is 25.7 Å². The van der Waals surface area contributed by atoms with Crippen LogP contribution in [0.25, 0.3) is 0 Å². The Hall–Kier alpha value is -1.24. The first-order chi connectivity index (χ1) is 9.08. The number of carboxylic acids is 1. The van der Waals surface area contributed by atoms with Gasteiger partial charge in [-0.1, -0.05) is 6.08 Å². The predicted octanol–water partition coefficient (Wildman–Crippen LogP) is -0.0263. The summed E-state index contributed by atoms with van der Waals surface area (Å²) in [4.78, 5) is 17.5. The molecule has 2 unspecified atom stereocenters. The lowest BCUT2D eigenvalue weighted by Crippen LogP contribution is -2.43. The first kappa shape index (κ1) is 14.2. The quantitative estimate of drug-likeness (QED) is 0.650. The van der Waals surface area contributed by atoms with Gasteiger partial charge in [0.25, 0.3) is 0 Å². The van der Waals surface area contributed by atoms with Crippen molar-refractivity contribution in [2.75, 3.05) is 19.6 Å². The van der Waals surface area contributed by atoms with Gasteiger partial charge in [0.15, 0.2) is 0 Å². The highest BCUT2D eigenvalue weighted by molar-refractivity contribution is 5.88. The van der Waals surface area contributed by atoms with Crippen LogP contribution in [0.2, 0.25) is 0 Å². The smallest absolute Gasteiger partial charge is 0.323 e. The molecule has 6 nitrogen and oxygen atoms in total. The van der Waals surface area contributed by atoms with Gasteiger partial charge in [-0.3, -0.25) is 14.7 Å².